The van der Waals surface area contributed by atoms with E-state index in [9.17, 15) is 0 Å². The average Bonchev–Trinajstić information content (AvgIpc) is 2.45. The Hall–Kier alpha value is -1.67. The van der Waals surface area contributed by atoms with Crippen molar-refractivity contribution in [1.29, 1.82) is 0 Å². The quantitative estimate of drug-likeness (QED) is 0.784. The van der Waals surface area contributed by atoms with E-state index >= 15 is 0 Å². The van der Waals surface area contributed by atoms with Crippen LogP contribution in [0.15, 0.2) is 36.4 Å². The first-order valence-electron chi connectivity index (χ1n) is 7.27. The van der Waals surface area contributed by atoms with Gasteiger partial charge in [-0.05, 0) is 62.6 Å². The molecule has 112 valence electrons. The summed E-state index contributed by atoms with van der Waals surface area (Å²) in [6, 6.07) is 12.6. The molecule has 2 aromatic rings. The molecule has 0 saturated carbocycles. The highest BCUT2D eigenvalue weighted by molar-refractivity contribution is 6.32. The Bertz CT molecular complexity index is 625. The molecule has 0 saturated heterocycles. The van der Waals surface area contributed by atoms with Crippen molar-refractivity contribution in [2.45, 2.75) is 33.7 Å². The molecule has 2 rings (SSSR count). The number of anilines is 1. The summed E-state index contributed by atoms with van der Waals surface area (Å²) in [6.45, 7) is 8.98. The number of nitrogens with one attached hydrogen (secondary N) is 1. The molecule has 1 atom stereocenters. The van der Waals surface area contributed by atoms with Crippen molar-refractivity contribution in [2.75, 3.05) is 11.9 Å². The fourth-order valence-corrected chi connectivity index (χ4v) is 2.47. The van der Waals surface area contributed by atoms with Crippen LogP contribution in [0.2, 0.25) is 5.02 Å². The van der Waals surface area contributed by atoms with Gasteiger partial charge in [0.05, 0.1) is 11.6 Å². The van der Waals surface area contributed by atoms with E-state index in [-0.39, 0.29) is 6.04 Å². The molecule has 0 aliphatic carbocycles. The summed E-state index contributed by atoms with van der Waals surface area (Å²) in [5.74, 6) is 0.726. The Morgan fingerprint density at radius 3 is 2.48 bits per heavy atom. The Morgan fingerprint density at radius 2 is 1.86 bits per heavy atom. The van der Waals surface area contributed by atoms with Crippen LogP contribution in [0.1, 0.15) is 36.6 Å². The van der Waals surface area contributed by atoms with Crippen molar-refractivity contribution < 1.29 is 4.74 Å². The highest BCUT2D eigenvalue weighted by Crippen LogP contribution is 2.29. The van der Waals surface area contributed by atoms with Crippen LogP contribution in [0.25, 0.3) is 0 Å². The third-order valence-electron chi connectivity index (χ3n) is 3.65. The lowest BCUT2D eigenvalue weighted by molar-refractivity contribution is 0.340. The van der Waals surface area contributed by atoms with Crippen molar-refractivity contribution >= 4 is 17.3 Å². The Kier molecular flexibility index (Phi) is 5.13. The normalized spacial score (nSPS) is 12.0. The third-order valence-corrected chi connectivity index (χ3v) is 3.94. The minimum atomic E-state index is 0.221. The molecule has 0 heterocycles. The van der Waals surface area contributed by atoms with Gasteiger partial charge in [0, 0.05) is 11.7 Å². The smallest absolute Gasteiger partial charge is 0.138 e. The number of benzene rings is 2. The van der Waals surface area contributed by atoms with Gasteiger partial charge in [0.15, 0.2) is 0 Å². The molecule has 2 nitrogen and oxygen atoms in total. The predicted molar refractivity (Wildman–Crippen MR) is 90.6 cm³/mol. The molecule has 0 radical (unpaired) electrons. The van der Waals surface area contributed by atoms with Crippen LogP contribution >= 0.6 is 11.6 Å². The van der Waals surface area contributed by atoms with Gasteiger partial charge in [-0.25, -0.2) is 0 Å². The molecule has 0 aromatic heterocycles. The number of rotatable bonds is 5. The van der Waals surface area contributed by atoms with Crippen molar-refractivity contribution in [3.8, 4) is 5.75 Å². The summed E-state index contributed by atoms with van der Waals surface area (Å²) < 4.78 is 5.45. The molecule has 0 fully saturated rings. The van der Waals surface area contributed by atoms with E-state index in [1.807, 2.05) is 25.1 Å². The molecule has 0 spiro atoms. The van der Waals surface area contributed by atoms with Gasteiger partial charge < -0.3 is 10.1 Å². The van der Waals surface area contributed by atoms with Gasteiger partial charge in [-0.1, -0.05) is 29.8 Å². The zero-order chi connectivity index (χ0) is 15.4. The maximum Gasteiger partial charge on any atom is 0.138 e. The average molecular weight is 304 g/mol. The fourth-order valence-electron chi connectivity index (χ4n) is 2.23. The lowest BCUT2D eigenvalue weighted by Gasteiger charge is -2.18. The van der Waals surface area contributed by atoms with E-state index in [1.54, 1.807) is 0 Å². The van der Waals surface area contributed by atoms with Crippen LogP contribution in [-0.2, 0) is 0 Å². The first-order valence-corrected chi connectivity index (χ1v) is 7.65. The SMILES string of the molecule is CCOc1ccc(NC(C)c2ccc(C)c(C)c2)cc1Cl. The molecule has 0 amide bonds. The summed E-state index contributed by atoms with van der Waals surface area (Å²) >= 11 is 6.22. The number of aryl methyl sites for hydroxylation is 2. The topological polar surface area (TPSA) is 21.3 Å². The van der Waals surface area contributed by atoms with E-state index in [4.69, 9.17) is 16.3 Å². The Morgan fingerprint density at radius 1 is 1.10 bits per heavy atom. The molecular weight excluding hydrogens is 282 g/mol. The zero-order valence-electron chi connectivity index (χ0n) is 13.0. The van der Waals surface area contributed by atoms with Gasteiger partial charge in [0.2, 0.25) is 0 Å². The highest BCUT2D eigenvalue weighted by atomic mass is 35.5. The standard InChI is InChI=1S/C18H22ClNO/c1-5-21-18-9-8-16(11-17(18)19)20-14(4)15-7-6-12(2)13(3)10-15/h6-11,14,20H,5H2,1-4H3. The third kappa shape index (κ3) is 3.92. The largest absolute Gasteiger partial charge is 0.492 e. The maximum atomic E-state index is 6.22. The maximum absolute atomic E-state index is 6.22. The van der Waals surface area contributed by atoms with Crippen molar-refractivity contribution in [3.05, 3.63) is 58.1 Å². The molecule has 0 bridgehead atoms. The van der Waals surface area contributed by atoms with E-state index in [0.717, 1.165) is 11.4 Å². The van der Waals surface area contributed by atoms with E-state index in [1.165, 1.54) is 16.7 Å². The molecule has 2 aromatic carbocycles. The van der Waals surface area contributed by atoms with Crippen LogP contribution in [0.5, 0.6) is 5.75 Å². The van der Waals surface area contributed by atoms with Crippen LogP contribution in [0.4, 0.5) is 5.69 Å². The summed E-state index contributed by atoms with van der Waals surface area (Å²) in [4.78, 5) is 0. The van der Waals surface area contributed by atoms with Gasteiger partial charge in [0.1, 0.15) is 5.75 Å². The lowest BCUT2D eigenvalue weighted by Crippen LogP contribution is -2.07. The number of hydrogen-bond donors (Lipinski definition) is 1. The molecule has 3 heteroatoms. The molecule has 1 N–H and O–H groups in total. The Balaban J connectivity index is 2.13. The zero-order valence-corrected chi connectivity index (χ0v) is 13.8. The van der Waals surface area contributed by atoms with E-state index < -0.39 is 0 Å². The van der Waals surface area contributed by atoms with Crippen molar-refractivity contribution in [2.24, 2.45) is 0 Å². The minimum Gasteiger partial charge on any atom is -0.492 e. The second-order valence-corrected chi connectivity index (χ2v) is 5.70. The number of halogens is 1. The monoisotopic (exact) mass is 303 g/mol. The Labute approximate surface area is 132 Å². The van der Waals surface area contributed by atoms with Crippen LogP contribution < -0.4 is 10.1 Å². The summed E-state index contributed by atoms with van der Waals surface area (Å²) in [5, 5.41) is 4.11. The van der Waals surface area contributed by atoms with E-state index in [2.05, 4.69) is 44.3 Å². The second kappa shape index (κ2) is 6.86. The number of ether oxygens (including phenoxy) is 1. The van der Waals surface area contributed by atoms with Crippen LogP contribution in [0, 0.1) is 13.8 Å². The first-order chi connectivity index (χ1) is 10.0. The molecule has 21 heavy (non-hydrogen) atoms. The van der Waals surface area contributed by atoms with Gasteiger partial charge >= 0.3 is 0 Å². The summed E-state index contributed by atoms with van der Waals surface area (Å²) in [7, 11) is 0. The summed E-state index contributed by atoms with van der Waals surface area (Å²) in [5.41, 5.74) is 4.89. The van der Waals surface area contributed by atoms with Gasteiger partial charge in [-0.15, -0.1) is 0 Å². The molecule has 0 aliphatic heterocycles. The van der Waals surface area contributed by atoms with Gasteiger partial charge in [-0.2, -0.15) is 0 Å². The first kappa shape index (κ1) is 15.7. The highest BCUT2D eigenvalue weighted by Gasteiger charge is 2.08. The molecule has 0 aliphatic rings. The predicted octanol–water partition coefficient (Wildman–Crippen LogP) is 5.53. The molecule has 1 unspecified atom stereocenters. The second-order valence-electron chi connectivity index (χ2n) is 5.29. The lowest BCUT2D eigenvalue weighted by atomic mass is 10.0. The minimum absolute atomic E-state index is 0.221. The fraction of sp³-hybridized carbons (Fsp3) is 0.333. The molecular formula is C18H22ClNO. The van der Waals surface area contributed by atoms with Crippen LogP contribution in [-0.4, -0.2) is 6.61 Å². The van der Waals surface area contributed by atoms with E-state index in [0.29, 0.717) is 11.6 Å². The van der Waals surface area contributed by atoms with Crippen molar-refractivity contribution in [3.63, 3.8) is 0 Å². The van der Waals surface area contributed by atoms with Crippen molar-refractivity contribution in [1.82, 2.24) is 0 Å². The van der Waals surface area contributed by atoms with Gasteiger partial charge in [0.25, 0.3) is 0 Å². The summed E-state index contributed by atoms with van der Waals surface area (Å²) in [6.07, 6.45) is 0. The number of hydrogen-bond acceptors (Lipinski definition) is 2. The van der Waals surface area contributed by atoms with Crippen LogP contribution in [0.3, 0.4) is 0 Å². The van der Waals surface area contributed by atoms with Gasteiger partial charge in [-0.3, -0.25) is 0 Å².